The molecule has 0 radical (unpaired) electrons. The van der Waals surface area contributed by atoms with E-state index in [1.165, 1.54) is 0 Å². The molecular weight excluding hydrogens is 358 g/mol. The largest absolute Gasteiger partial charge is 0.497 e. The Morgan fingerprint density at radius 3 is 2.54 bits per heavy atom. The van der Waals surface area contributed by atoms with Crippen molar-refractivity contribution in [2.24, 2.45) is 0 Å². The minimum atomic E-state index is -0.0786. The summed E-state index contributed by atoms with van der Waals surface area (Å²) in [5.41, 5.74) is 1.85. The highest BCUT2D eigenvalue weighted by Crippen LogP contribution is 2.26. The quantitative estimate of drug-likeness (QED) is 0.645. The summed E-state index contributed by atoms with van der Waals surface area (Å²) in [5.74, 6) is 1.48. The van der Waals surface area contributed by atoms with E-state index in [2.05, 4.69) is 15.5 Å². The van der Waals surface area contributed by atoms with Gasteiger partial charge in [0.25, 0.3) is 0 Å². The first-order chi connectivity index (χ1) is 13.8. The number of morpholine rings is 1. The third-order valence-corrected chi connectivity index (χ3v) is 4.42. The van der Waals surface area contributed by atoms with Gasteiger partial charge in [-0.25, -0.2) is 0 Å². The summed E-state index contributed by atoms with van der Waals surface area (Å²) in [6.07, 6.45) is 0. The van der Waals surface area contributed by atoms with Gasteiger partial charge in [-0.05, 0) is 36.4 Å². The van der Waals surface area contributed by atoms with E-state index in [0.29, 0.717) is 26.4 Å². The Bertz CT molecular complexity index is 746. The first-order valence-corrected chi connectivity index (χ1v) is 9.45. The van der Waals surface area contributed by atoms with Gasteiger partial charge in [0.1, 0.15) is 18.1 Å². The molecule has 0 spiro atoms. The maximum atomic E-state index is 12.3. The molecule has 1 aliphatic rings. The average molecular weight is 385 g/mol. The van der Waals surface area contributed by atoms with Crippen molar-refractivity contribution in [2.45, 2.75) is 0 Å². The third-order valence-electron chi connectivity index (χ3n) is 4.42. The summed E-state index contributed by atoms with van der Waals surface area (Å²) in [6, 6.07) is 15.3. The molecule has 3 rings (SSSR count). The highest BCUT2D eigenvalue weighted by molar-refractivity contribution is 5.95. The normalized spacial score (nSPS) is 13.8. The number of carbonyl (C=O) groups excluding carboxylic acids is 1. The van der Waals surface area contributed by atoms with E-state index in [9.17, 15) is 4.79 Å². The molecule has 2 N–H and O–H groups in total. The van der Waals surface area contributed by atoms with Gasteiger partial charge in [-0.2, -0.15) is 0 Å². The van der Waals surface area contributed by atoms with Crippen LogP contribution in [0.2, 0.25) is 0 Å². The predicted octanol–water partition coefficient (Wildman–Crippen LogP) is 2.14. The standard InChI is InChI=1S/C21H27N3O4/c1-26-17-6-8-18(9-7-17)28-13-10-22-16-21(25)23-19-4-2-3-5-20(19)24-11-14-27-15-12-24/h2-9,22H,10-16H2,1H3,(H,23,25). The van der Waals surface area contributed by atoms with Crippen molar-refractivity contribution in [3.63, 3.8) is 0 Å². The van der Waals surface area contributed by atoms with E-state index in [1.807, 2.05) is 48.5 Å². The Kier molecular flexibility index (Phi) is 7.52. The molecule has 7 heteroatoms. The monoisotopic (exact) mass is 385 g/mol. The molecule has 0 unspecified atom stereocenters. The number of hydrogen-bond donors (Lipinski definition) is 2. The minimum absolute atomic E-state index is 0.0786. The van der Waals surface area contributed by atoms with Gasteiger partial charge in [-0.1, -0.05) is 12.1 Å². The molecule has 0 bridgehead atoms. The zero-order chi connectivity index (χ0) is 19.6. The number of nitrogens with zero attached hydrogens (tertiary/aromatic N) is 1. The van der Waals surface area contributed by atoms with E-state index < -0.39 is 0 Å². The Morgan fingerprint density at radius 2 is 1.79 bits per heavy atom. The van der Waals surface area contributed by atoms with Crippen LogP contribution >= 0.6 is 0 Å². The number of carbonyl (C=O) groups is 1. The van der Waals surface area contributed by atoms with Crippen LogP contribution < -0.4 is 25.0 Å². The van der Waals surface area contributed by atoms with Crippen LogP contribution in [0.1, 0.15) is 0 Å². The Balaban J connectivity index is 1.39. The van der Waals surface area contributed by atoms with Crippen LogP contribution in [0.5, 0.6) is 11.5 Å². The van der Waals surface area contributed by atoms with Gasteiger partial charge in [0.05, 0.1) is 38.2 Å². The summed E-state index contributed by atoms with van der Waals surface area (Å²) in [6.45, 7) is 4.34. The third kappa shape index (κ3) is 5.87. The van der Waals surface area contributed by atoms with Crippen LogP contribution in [0, 0.1) is 0 Å². The fourth-order valence-corrected chi connectivity index (χ4v) is 2.97. The van der Waals surface area contributed by atoms with Gasteiger partial charge < -0.3 is 29.7 Å². The molecule has 0 atom stereocenters. The molecule has 2 aromatic rings. The molecule has 1 heterocycles. The lowest BCUT2D eigenvalue weighted by Gasteiger charge is -2.30. The zero-order valence-electron chi connectivity index (χ0n) is 16.1. The van der Waals surface area contributed by atoms with Gasteiger partial charge in [0.15, 0.2) is 0 Å². The SMILES string of the molecule is COc1ccc(OCCNCC(=O)Nc2ccccc2N2CCOCC2)cc1. The summed E-state index contributed by atoms with van der Waals surface area (Å²) in [7, 11) is 1.63. The second-order valence-corrected chi connectivity index (χ2v) is 6.37. The molecule has 0 aromatic heterocycles. The summed E-state index contributed by atoms with van der Waals surface area (Å²) in [5, 5.41) is 6.09. The number of amides is 1. The summed E-state index contributed by atoms with van der Waals surface area (Å²) in [4.78, 5) is 14.5. The lowest BCUT2D eigenvalue weighted by Crippen LogP contribution is -2.37. The fraction of sp³-hybridized carbons (Fsp3) is 0.381. The van der Waals surface area contributed by atoms with Crippen molar-refractivity contribution in [1.29, 1.82) is 0 Å². The molecule has 7 nitrogen and oxygen atoms in total. The number of ether oxygens (including phenoxy) is 3. The molecule has 1 aliphatic heterocycles. The van der Waals surface area contributed by atoms with Gasteiger partial charge >= 0.3 is 0 Å². The topological polar surface area (TPSA) is 72.1 Å². The molecule has 0 saturated carbocycles. The van der Waals surface area contributed by atoms with Crippen molar-refractivity contribution in [3.05, 3.63) is 48.5 Å². The highest BCUT2D eigenvalue weighted by atomic mass is 16.5. The number of nitrogens with one attached hydrogen (secondary N) is 2. The lowest BCUT2D eigenvalue weighted by molar-refractivity contribution is -0.115. The lowest BCUT2D eigenvalue weighted by atomic mass is 10.2. The zero-order valence-corrected chi connectivity index (χ0v) is 16.1. The van der Waals surface area contributed by atoms with Crippen LogP contribution in [0.25, 0.3) is 0 Å². The summed E-state index contributed by atoms with van der Waals surface area (Å²) >= 11 is 0. The smallest absolute Gasteiger partial charge is 0.238 e. The first kappa shape index (κ1) is 20.0. The van der Waals surface area contributed by atoms with Crippen LogP contribution in [0.4, 0.5) is 11.4 Å². The molecular formula is C21H27N3O4. The van der Waals surface area contributed by atoms with Crippen molar-refractivity contribution in [2.75, 3.05) is 63.3 Å². The van der Waals surface area contributed by atoms with Crippen LogP contribution in [-0.4, -0.2) is 59.0 Å². The number of benzene rings is 2. The Morgan fingerprint density at radius 1 is 1.07 bits per heavy atom. The summed E-state index contributed by atoms with van der Waals surface area (Å²) < 4.78 is 16.2. The highest BCUT2D eigenvalue weighted by Gasteiger charge is 2.15. The molecule has 2 aromatic carbocycles. The van der Waals surface area contributed by atoms with E-state index in [0.717, 1.165) is 36.0 Å². The van der Waals surface area contributed by atoms with Crippen LogP contribution in [-0.2, 0) is 9.53 Å². The van der Waals surface area contributed by atoms with E-state index in [4.69, 9.17) is 14.2 Å². The second kappa shape index (κ2) is 10.5. The van der Waals surface area contributed by atoms with Crippen molar-refractivity contribution < 1.29 is 19.0 Å². The first-order valence-electron chi connectivity index (χ1n) is 9.45. The van der Waals surface area contributed by atoms with Gasteiger partial charge in [0.2, 0.25) is 5.91 Å². The van der Waals surface area contributed by atoms with E-state index in [-0.39, 0.29) is 12.5 Å². The maximum absolute atomic E-state index is 12.3. The fourth-order valence-electron chi connectivity index (χ4n) is 2.97. The van der Waals surface area contributed by atoms with Crippen molar-refractivity contribution >= 4 is 17.3 Å². The van der Waals surface area contributed by atoms with E-state index >= 15 is 0 Å². The maximum Gasteiger partial charge on any atom is 0.238 e. The van der Waals surface area contributed by atoms with Crippen molar-refractivity contribution in [1.82, 2.24) is 5.32 Å². The van der Waals surface area contributed by atoms with Crippen LogP contribution in [0.15, 0.2) is 48.5 Å². The minimum Gasteiger partial charge on any atom is -0.497 e. The van der Waals surface area contributed by atoms with Gasteiger partial charge in [-0.15, -0.1) is 0 Å². The molecule has 150 valence electrons. The number of para-hydroxylation sites is 2. The average Bonchev–Trinajstić information content (AvgIpc) is 2.75. The number of hydrogen-bond acceptors (Lipinski definition) is 6. The van der Waals surface area contributed by atoms with Gasteiger partial charge in [-0.3, -0.25) is 4.79 Å². The number of methoxy groups -OCH3 is 1. The second-order valence-electron chi connectivity index (χ2n) is 6.37. The number of rotatable bonds is 9. The van der Waals surface area contributed by atoms with Crippen molar-refractivity contribution in [3.8, 4) is 11.5 Å². The molecule has 1 amide bonds. The Labute approximate surface area is 165 Å². The number of anilines is 2. The van der Waals surface area contributed by atoms with Crippen LogP contribution in [0.3, 0.4) is 0 Å². The molecule has 0 aliphatic carbocycles. The predicted molar refractivity (Wildman–Crippen MR) is 109 cm³/mol. The molecule has 28 heavy (non-hydrogen) atoms. The molecule has 1 saturated heterocycles. The van der Waals surface area contributed by atoms with E-state index in [1.54, 1.807) is 7.11 Å². The van der Waals surface area contributed by atoms with Gasteiger partial charge in [0, 0.05) is 19.6 Å². The Hall–Kier alpha value is -2.77. The molecule has 1 fully saturated rings.